The third-order valence-corrected chi connectivity index (χ3v) is 5.79. The lowest BCUT2D eigenvalue weighted by atomic mass is 10.0. The van der Waals surface area contributed by atoms with Gasteiger partial charge in [-0.05, 0) is 48.7 Å². The molecule has 0 radical (unpaired) electrons. The van der Waals surface area contributed by atoms with Gasteiger partial charge in [-0.15, -0.1) is 0 Å². The van der Waals surface area contributed by atoms with E-state index in [4.69, 9.17) is 9.15 Å². The van der Waals surface area contributed by atoms with Gasteiger partial charge in [0.15, 0.2) is 5.58 Å². The van der Waals surface area contributed by atoms with Gasteiger partial charge >= 0.3 is 6.03 Å². The lowest BCUT2D eigenvalue weighted by Gasteiger charge is -2.22. The van der Waals surface area contributed by atoms with E-state index in [1.807, 2.05) is 42.5 Å². The topological polar surface area (TPSA) is 67.6 Å². The SMILES string of the molecule is COc1ccccc1-c1ccc2oc(C3CCCN3C(=O)Nc3ccc(F)cc3F)nc2c1. The number of methoxy groups -OCH3 is 1. The van der Waals surface area contributed by atoms with Gasteiger partial charge < -0.3 is 19.4 Å². The molecular weight excluding hydrogens is 428 g/mol. The number of benzene rings is 3. The van der Waals surface area contributed by atoms with E-state index in [9.17, 15) is 13.6 Å². The molecule has 168 valence electrons. The number of para-hydroxylation sites is 1. The normalized spacial score (nSPS) is 15.7. The van der Waals surface area contributed by atoms with E-state index in [-0.39, 0.29) is 11.7 Å². The van der Waals surface area contributed by atoms with Crippen molar-refractivity contribution in [2.45, 2.75) is 18.9 Å². The summed E-state index contributed by atoms with van der Waals surface area (Å²) in [5.41, 5.74) is 3.08. The van der Waals surface area contributed by atoms with Crippen LogP contribution >= 0.6 is 0 Å². The van der Waals surface area contributed by atoms with Gasteiger partial charge in [-0.1, -0.05) is 24.3 Å². The van der Waals surface area contributed by atoms with Crippen molar-refractivity contribution in [1.82, 2.24) is 9.88 Å². The summed E-state index contributed by atoms with van der Waals surface area (Å²) >= 11 is 0. The Morgan fingerprint density at radius 3 is 2.82 bits per heavy atom. The Balaban J connectivity index is 1.41. The Hall–Kier alpha value is -3.94. The maximum Gasteiger partial charge on any atom is 0.322 e. The first kappa shape index (κ1) is 20.9. The molecule has 5 rings (SSSR count). The number of carbonyl (C=O) groups excluding carboxylic acids is 1. The fourth-order valence-electron chi connectivity index (χ4n) is 4.18. The van der Waals surface area contributed by atoms with Crippen LogP contribution in [0.25, 0.3) is 22.2 Å². The van der Waals surface area contributed by atoms with Gasteiger partial charge in [-0.25, -0.2) is 18.6 Å². The summed E-state index contributed by atoms with van der Waals surface area (Å²) in [5.74, 6) is -0.352. The zero-order valence-electron chi connectivity index (χ0n) is 17.8. The number of carbonyl (C=O) groups is 1. The first-order chi connectivity index (χ1) is 16.0. The van der Waals surface area contributed by atoms with E-state index in [0.717, 1.165) is 35.4 Å². The summed E-state index contributed by atoms with van der Waals surface area (Å²) in [6, 6.07) is 15.6. The van der Waals surface area contributed by atoms with Crippen molar-refractivity contribution in [2.75, 3.05) is 19.0 Å². The Kier molecular flexibility index (Phi) is 5.42. The third-order valence-electron chi connectivity index (χ3n) is 5.79. The van der Waals surface area contributed by atoms with E-state index in [2.05, 4.69) is 10.3 Å². The fraction of sp³-hybridized carbons (Fsp3) is 0.200. The van der Waals surface area contributed by atoms with Crippen LogP contribution in [0.15, 0.2) is 65.1 Å². The second-order valence-corrected chi connectivity index (χ2v) is 7.84. The molecule has 0 saturated carbocycles. The molecule has 8 heteroatoms. The average molecular weight is 449 g/mol. The van der Waals surface area contributed by atoms with Crippen molar-refractivity contribution in [1.29, 1.82) is 0 Å². The van der Waals surface area contributed by atoms with Crippen LogP contribution in [-0.2, 0) is 0 Å². The number of halogens is 2. The van der Waals surface area contributed by atoms with Crippen LogP contribution in [0.3, 0.4) is 0 Å². The highest BCUT2D eigenvalue weighted by Crippen LogP contribution is 2.36. The fourth-order valence-corrected chi connectivity index (χ4v) is 4.18. The van der Waals surface area contributed by atoms with Crippen molar-refractivity contribution < 1.29 is 22.7 Å². The molecule has 6 nitrogen and oxygen atoms in total. The van der Waals surface area contributed by atoms with E-state index < -0.39 is 17.7 Å². The summed E-state index contributed by atoms with van der Waals surface area (Å²) in [7, 11) is 1.63. The number of hydrogen-bond acceptors (Lipinski definition) is 4. The van der Waals surface area contributed by atoms with Crippen LogP contribution < -0.4 is 10.1 Å². The number of urea groups is 1. The number of ether oxygens (including phenoxy) is 1. The van der Waals surface area contributed by atoms with Gasteiger partial charge in [0.2, 0.25) is 5.89 Å². The van der Waals surface area contributed by atoms with Gasteiger partial charge in [0.25, 0.3) is 0 Å². The van der Waals surface area contributed by atoms with Crippen molar-refractivity contribution in [3.63, 3.8) is 0 Å². The number of hydrogen-bond donors (Lipinski definition) is 1. The van der Waals surface area contributed by atoms with Crippen LogP contribution in [0, 0.1) is 11.6 Å². The molecule has 1 saturated heterocycles. The van der Waals surface area contributed by atoms with Crippen molar-refractivity contribution >= 4 is 22.8 Å². The molecule has 33 heavy (non-hydrogen) atoms. The molecule has 1 unspecified atom stereocenters. The minimum atomic E-state index is -0.829. The van der Waals surface area contributed by atoms with Crippen molar-refractivity contribution in [3.05, 3.63) is 78.2 Å². The number of aromatic nitrogens is 1. The molecule has 1 atom stereocenters. The molecule has 1 aromatic heterocycles. The van der Waals surface area contributed by atoms with Crippen LogP contribution in [0.1, 0.15) is 24.8 Å². The first-order valence-electron chi connectivity index (χ1n) is 10.6. The smallest absolute Gasteiger partial charge is 0.322 e. The maximum atomic E-state index is 14.0. The number of amides is 2. The molecule has 2 amide bonds. The molecule has 1 N–H and O–H groups in total. The monoisotopic (exact) mass is 449 g/mol. The molecule has 2 heterocycles. The van der Waals surface area contributed by atoms with Gasteiger partial charge in [0, 0.05) is 18.2 Å². The Bertz CT molecular complexity index is 1340. The van der Waals surface area contributed by atoms with Crippen molar-refractivity contribution in [2.24, 2.45) is 0 Å². The van der Waals surface area contributed by atoms with Gasteiger partial charge in [0.1, 0.15) is 28.9 Å². The molecule has 0 aliphatic carbocycles. The summed E-state index contributed by atoms with van der Waals surface area (Å²) in [6.45, 7) is 0.477. The molecule has 0 spiro atoms. The number of nitrogens with zero attached hydrogens (tertiary/aromatic N) is 2. The zero-order chi connectivity index (χ0) is 22.9. The highest BCUT2D eigenvalue weighted by atomic mass is 19.1. The molecule has 1 aliphatic heterocycles. The van der Waals surface area contributed by atoms with E-state index in [0.29, 0.717) is 30.0 Å². The van der Waals surface area contributed by atoms with Crippen molar-refractivity contribution in [3.8, 4) is 16.9 Å². The Morgan fingerprint density at radius 1 is 1.15 bits per heavy atom. The van der Waals surface area contributed by atoms with Crippen LogP contribution in [-0.4, -0.2) is 29.6 Å². The van der Waals surface area contributed by atoms with Crippen LogP contribution in [0.5, 0.6) is 5.75 Å². The average Bonchev–Trinajstić information content (AvgIpc) is 3.47. The van der Waals surface area contributed by atoms with Crippen LogP contribution in [0.2, 0.25) is 0 Å². The highest BCUT2D eigenvalue weighted by molar-refractivity contribution is 5.90. The Morgan fingerprint density at radius 2 is 2.00 bits per heavy atom. The number of likely N-dealkylation sites (tertiary alicyclic amines) is 1. The van der Waals surface area contributed by atoms with E-state index >= 15 is 0 Å². The highest BCUT2D eigenvalue weighted by Gasteiger charge is 2.34. The minimum absolute atomic E-state index is 0.0777. The molecule has 3 aromatic carbocycles. The lowest BCUT2D eigenvalue weighted by Crippen LogP contribution is -2.34. The summed E-state index contributed by atoms with van der Waals surface area (Å²) in [5, 5.41) is 2.52. The quantitative estimate of drug-likeness (QED) is 0.406. The lowest BCUT2D eigenvalue weighted by molar-refractivity contribution is 0.198. The summed E-state index contributed by atoms with van der Waals surface area (Å²) in [6.07, 6.45) is 1.43. The summed E-state index contributed by atoms with van der Waals surface area (Å²) in [4.78, 5) is 19.0. The molecular formula is C25H21F2N3O3. The largest absolute Gasteiger partial charge is 0.496 e. The number of rotatable bonds is 4. The molecule has 1 aliphatic rings. The maximum absolute atomic E-state index is 14.0. The standard InChI is InChI=1S/C25H21F2N3O3/c1-32-22-7-3-2-5-17(22)15-8-11-23-20(13-15)28-24(33-23)21-6-4-12-30(21)25(31)29-19-10-9-16(26)14-18(19)27/h2-3,5,7-11,13-14,21H,4,6,12H2,1H3,(H,29,31). The minimum Gasteiger partial charge on any atom is -0.496 e. The zero-order valence-corrected chi connectivity index (χ0v) is 17.8. The van der Waals surface area contributed by atoms with Gasteiger partial charge in [0.05, 0.1) is 12.8 Å². The van der Waals surface area contributed by atoms with Gasteiger partial charge in [-0.2, -0.15) is 0 Å². The van der Waals surface area contributed by atoms with Gasteiger partial charge in [-0.3, -0.25) is 0 Å². The number of nitrogens with one attached hydrogen (secondary N) is 1. The second-order valence-electron chi connectivity index (χ2n) is 7.84. The molecule has 0 bridgehead atoms. The number of oxazole rings is 1. The predicted octanol–water partition coefficient (Wildman–Crippen LogP) is 6.15. The van der Waals surface area contributed by atoms with Crippen LogP contribution in [0.4, 0.5) is 19.3 Å². The summed E-state index contributed by atoms with van der Waals surface area (Å²) < 4.78 is 38.6. The van der Waals surface area contributed by atoms with E-state index in [1.54, 1.807) is 12.0 Å². The first-order valence-corrected chi connectivity index (χ1v) is 10.6. The predicted molar refractivity (Wildman–Crippen MR) is 120 cm³/mol. The second kappa shape index (κ2) is 8.54. The Labute approximate surface area is 188 Å². The number of fused-ring (bicyclic) bond motifs is 1. The third kappa shape index (κ3) is 4.00. The van der Waals surface area contributed by atoms with E-state index in [1.165, 1.54) is 6.07 Å². The molecule has 4 aromatic rings. The molecule has 1 fully saturated rings. The number of anilines is 1.